The second-order valence-electron chi connectivity index (χ2n) is 6.89. The molecule has 3 heterocycles. The normalized spacial score (nSPS) is 15.1. The van der Waals surface area contributed by atoms with Gasteiger partial charge in [0.25, 0.3) is 5.91 Å². The molecule has 28 heavy (non-hydrogen) atoms. The maximum absolute atomic E-state index is 14.7. The van der Waals surface area contributed by atoms with Crippen LogP contribution in [-0.2, 0) is 11.3 Å². The van der Waals surface area contributed by atoms with Crippen molar-refractivity contribution in [3.05, 3.63) is 46.4 Å². The van der Waals surface area contributed by atoms with Crippen LogP contribution in [0.3, 0.4) is 0 Å². The van der Waals surface area contributed by atoms with Crippen molar-refractivity contribution in [3.8, 4) is 0 Å². The molecule has 0 radical (unpaired) electrons. The number of H-pyrrole nitrogens is 1. The van der Waals surface area contributed by atoms with Gasteiger partial charge in [0.15, 0.2) is 0 Å². The van der Waals surface area contributed by atoms with Crippen LogP contribution in [0.4, 0.5) is 4.39 Å². The minimum atomic E-state index is -0.572. The highest BCUT2D eigenvalue weighted by Gasteiger charge is 2.31. The predicted molar refractivity (Wildman–Crippen MR) is 103 cm³/mol. The Morgan fingerprint density at radius 2 is 2.14 bits per heavy atom. The Labute approximate surface area is 165 Å². The zero-order valence-corrected chi connectivity index (χ0v) is 16.2. The minimum Gasteiger partial charge on any atom is -0.345 e. The number of imidazole rings is 1. The molecule has 0 unspecified atom stereocenters. The Morgan fingerprint density at radius 3 is 2.82 bits per heavy atom. The molecular weight excluding hydrogens is 381 g/mol. The molecule has 1 aliphatic rings. The first-order chi connectivity index (χ1) is 13.5. The fraction of sp³-hybridized carbons (Fsp3) is 0.368. The summed E-state index contributed by atoms with van der Waals surface area (Å²) in [4.78, 5) is 40.4. The number of rotatable bonds is 4. The summed E-state index contributed by atoms with van der Waals surface area (Å²) in [6, 6.07) is 2.73. The van der Waals surface area contributed by atoms with E-state index < -0.39 is 5.82 Å². The van der Waals surface area contributed by atoms with E-state index in [0.29, 0.717) is 43.5 Å². The topological polar surface area (TPSA) is 82.2 Å². The molecule has 0 bridgehead atoms. The number of likely N-dealkylation sites (tertiary alicyclic amines) is 1. The van der Waals surface area contributed by atoms with Crippen molar-refractivity contribution in [1.29, 1.82) is 0 Å². The summed E-state index contributed by atoms with van der Waals surface area (Å²) in [5.41, 5.74) is 2.83. The van der Waals surface area contributed by atoms with Crippen molar-refractivity contribution in [2.75, 3.05) is 13.1 Å². The summed E-state index contributed by atoms with van der Waals surface area (Å²) in [5.74, 6) is -0.900. The van der Waals surface area contributed by atoms with Crippen LogP contribution in [0.5, 0.6) is 0 Å². The lowest BCUT2D eigenvalue weighted by atomic mass is 10.0. The standard InChI is InChI=1S/C19H20FN5O2S/c1-12(26)24-4-2-13(3-5-24)25(9-14-8-21-11-28-14)19(27)15-6-17-18(7-16(15)20)23-10-22-17/h6-8,10-11,13H,2-5,9H2,1H3,(H,22,23). The molecule has 0 atom stereocenters. The average molecular weight is 401 g/mol. The van der Waals surface area contributed by atoms with Gasteiger partial charge < -0.3 is 14.8 Å². The van der Waals surface area contributed by atoms with Gasteiger partial charge >= 0.3 is 0 Å². The number of carbonyl (C=O) groups is 2. The summed E-state index contributed by atoms with van der Waals surface area (Å²) < 4.78 is 14.7. The number of aromatic amines is 1. The molecule has 0 spiro atoms. The van der Waals surface area contributed by atoms with Gasteiger partial charge in [0, 0.05) is 43.2 Å². The van der Waals surface area contributed by atoms with Gasteiger partial charge in [0.1, 0.15) is 5.82 Å². The SMILES string of the molecule is CC(=O)N1CCC(N(Cc2cncs2)C(=O)c2cc3nc[nH]c3cc2F)CC1. The number of nitrogens with zero attached hydrogens (tertiary/aromatic N) is 4. The first kappa shape index (κ1) is 18.5. The first-order valence-corrected chi connectivity index (χ1v) is 9.97. The molecule has 146 valence electrons. The van der Waals surface area contributed by atoms with Crippen LogP contribution < -0.4 is 0 Å². The molecule has 1 aliphatic heterocycles. The Balaban J connectivity index is 1.63. The predicted octanol–water partition coefficient (Wildman–Crippen LogP) is 2.81. The van der Waals surface area contributed by atoms with Gasteiger partial charge in [-0.15, -0.1) is 11.3 Å². The van der Waals surface area contributed by atoms with Crippen molar-refractivity contribution in [1.82, 2.24) is 24.8 Å². The number of amides is 2. The fourth-order valence-electron chi connectivity index (χ4n) is 3.62. The third-order valence-electron chi connectivity index (χ3n) is 5.16. The average Bonchev–Trinajstić information content (AvgIpc) is 3.36. The fourth-order valence-corrected chi connectivity index (χ4v) is 4.21. The molecule has 1 aromatic carbocycles. The van der Waals surface area contributed by atoms with Gasteiger partial charge in [-0.25, -0.2) is 9.37 Å². The summed E-state index contributed by atoms with van der Waals surface area (Å²) >= 11 is 1.46. The molecule has 1 saturated heterocycles. The Bertz CT molecular complexity index is 995. The third-order valence-corrected chi connectivity index (χ3v) is 5.92. The van der Waals surface area contributed by atoms with Crippen LogP contribution in [0, 0.1) is 5.82 Å². The number of aromatic nitrogens is 3. The maximum Gasteiger partial charge on any atom is 0.257 e. The minimum absolute atomic E-state index is 0.0121. The molecule has 2 amide bonds. The zero-order valence-electron chi connectivity index (χ0n) is 15.4. The largest absolute Gasteiger partial charge is 0.345 e. The molecule has 1 fully saturated rings. The van der Waals surface area contributed by atoms with E-state index in [-0.39, 0.29) is 23.4 Å². The molecule has 9 heteroatoms. The number of fused-ring (bicyclic) bond motifs is 1. The second-order valence-corrected chi connectivity index (χ2v) is 7.86. The van der Waals surface area contributed by atoms with Crippen LogP contribution in [0.15, 0.2) is 30.2 Å². The van der Waals surface area contributed by atoms with Crippen molar-refractivity contribution in [2.45, 2.75) is 32.4 Å². The third kappa shape index (κ3) is 3.62. The van der Waals surface area contributed by atoms with E-state index in [1.54, 1.807) is 28.4 Å². The lowest BCUT2D eigenvalue weighted by Gasteiger charge is -2.38. The molecule has 0 saturated carbocycles. The first-order valence-electron chi connectivity index (χ1n) is 9.09. The van der Waals surface area contributed by atoms with Crippen molar-refractivity contribution in [3.63, 3.8) is 0 Å². The van der Waals surface area contributed by atoms with Crippen molar-refractivity contribution >= 4 is 34.2 Å². The van der Waals surface area contributed by atoms with Crippen LogP contribution in [0.2, 0.25) is 0 Å². The van der Waals surface area contributed by atoms with Crippen LogP contribution in [0.1, 0.15) is 35.0 Å². The zero-order chi connectivity index (χ0) is 19.7. The number of nitrogens with one attached hydrogen (secondary N) is 1. The van der Waals surface area contributed by atoms with Gasteiger partial charge in [-0.05, 0) is 18.9 Å². The molecule has 2 aromatic heterocycles. The van der Waals surface area contributed by atoms with E-state index >= 15 is 0 Å². The second kappa shape index (κ2) is 7.67. The number of piperidine rings is 1. The summed E-state index contributed by atoms with van der Waals surface area (Å²) in [7, 11) is 0. The van der Waals surface area contributed by atoms with E-state index in [4.69, 9.17) is 0 Å². The Hall–Kier alpha value is -2.81. The quantitative estimate of drug-likeness (QED) is 0.729. The highest BCUT2D eigenvalue weighted by atomic mass is 32.1. The highest BCUT2D eigenvalue weighted by Crippen LogP contribution is 2.25. The summed E-state index contributed by atoms with van der Waals surface area (Å²) in [5, 5.41) is 0. The summed E-state index contributed by atoms with van der Waals surface area (Å²) in [6.45, 7) is 3.10. The number of hydrogen-bond acceptors (Lipinski definition) is 5. The van der Waals surface area contributed by atoms with E-state index in [1.807, 2.05) is 0 Å². The number of benzene rings is 1. The van der Waals surface area contributed by atoms with Gasteiger partial charge in [-0.1, -0.05) is 0 Å². The van der Waals surface area contributed by atoms with Gasteiger partial charge in [-0.2, -0.15) is 0 Å². The molecule has 1 N–H and O–H groups in total. The van der Waals surface area contributed by atoms with Gasteiger partial charge in [0.2, 0.25) is 5.91 Å². The van der Waals surface area contributed by atoms with E-state index in [0.717, 1.165) is 4.88 Å². The van der Waals surface area contributed by atoms with Crippen LogP contribution in [0.25, 0.3) is 11.0 Å². The molecule has 7 nitrogen and oxygen atoms in total. The lowest BCUT2D eigenvalue weighted by Crippen LogP contribution is -2.48. The number of hydrogen-bond donors (Lipinski definition) is 1. The van der Waals surface area contributed by atoms with E-state index in [2.05, 4.69) is 15.0 Å². The number of carbonyl (C=O) groups excluding carboxylic acids is 2. The lowest BCUT2D eigenvalue weighted by molar-refractivity contribution is -0.130. The van der Waals surface area contributed by atoms with Crippen molar-refractivity contribution in [2.24, 2.45) is 0 Å². The number of thiazole rings is 1. The molecule has 0 aliphatic carbocycles. The maximum atomic E-state index is 14.7. The van der Waals surface area contributed by atoms with Crippen LogP contribution in [-0.4, -0.2) is 55.7 Å². The number of halogens is 1. The van der Waals surface area contributed by atoms with Crippen LogP contribution >= 0.6 is 11.3 Å². The summed E-state index contributed by atoms with van der Waals surface area (Å²) in [6.07, 6.45) is 4.53. The Kier molecular flexibility index (Phi) is 5.08. The molecular formula is C19H20FN5O2S. The highest BCUT2D eigenvalue weighted by molar-refractivity contribution is 7.09. The molecule has 4 rings (SSSR count). The van der Waals surface area contributed by atoms with Gasteiger partial charge in [0.05, 0.1) is 35.0 Å². The monoisotopic (exact) mass is 401 g/mol. The Morgan fingerprint density at radius 1 is 1.36 bits per heavy atom. The van der Waals surface area contributed by atoms with Crippen molar-refractivity contribution < 1.29 is 14.0 Å². The molecule has 3 aromatic rings. The smallest absolute Gasteiger partial charge is 0.257 e. The van der Waals surface area contributed by atoms with Gasteiger partial charge in [-0.3, -0.25) is 14.6 Å². The van der Waals surface area contributed by atoms with E-state index in [1.165, 1.54) is 29.8 Å². The van der Waals surface area contributed by atoms with E-state index in [9.17, 15) is 14.0 Å².